The Morgan fingerprint density at radius 2 is 1.70 bits per heavy atom. The van der Waals surface area contributed by atoms with Gasteiger partial charge in [0.2, 0.25) is 5.95 Å². The van der Waals surface area contributed by atoms with Crippen molar-refractivity contribution in [3.63, 3.8) is 0 Å². The van der Waals surface area contributed by atoms with Crippen molar-refractivity contribution >= 4 is 33.6 Å². The first-order chi connectivity index (χ1) is 13.2. The number of hydrogen-bond acceptors (Lipinski definition) is 5. The Hall–Kier alpha value is -1.83. The number of nitrogens with zero attached hydrogens (tertiary/aromatic N) is 4. The molecule has 0 radical (unpaired) electrons. The molecule has 1 saturated heterocycles. The molecule has 0 saturated carbocycles. The van der Waals surface area contributed by atoms with Gasteiger partial charge in [-0.05, 0) is 36.8 Å². The molecule has 0 bridgehead atoms. The molecule has 0 atom stereocenters. The number of morpholine rings is 1. The van der Waals surface area contributed by atoms with Crippen molar-refractivity contribution in [1.29, 1.82) is 0 Å². The molecule has 2 heterocycles. The summed E-state index contributed by atoms with van der Waals surface area (Å²) < 4.78 is 8.75. The Labute approximate surface area is 171 Å². The van der Waals surface area contributed by atoms with Gasteiger partial charge in [0.25, 0.3) is 0 Å². The zero-order valence-corrected chi connectivity index (χ0v) is 17.5. The molecule has 5 nitrogen and oxygen atoms in total. The highest BCUT2D eigenvalue weighted by Crippen LogP contribution is 2.29. The minimum Gasteiger partial charge on any atom is -0.378 e. The van der Waals surface area contributed by atoms with Crippen LogP contribution in [0.25, 0.3) is 5.69 Å². The number of anilines is 1. The second kappa shape index (κ2) is 8.46. The summed E-state index contributed by atoms with van der Waals surface area (Å²) >= 11 is 5.19. The summed E-state index contributed by atoms with van der Waals surface area (Å²) in [7, 11) is 0. The third kappa shape index (κ3) is 4.36. The van der Waals surface area contributed by atoms with Crippen molar-refractivity contribution in [2.24, 2.45) is 0 Å². The van der Waals surface area contributed by atoms with E-state index in [0.717, 1.165) is 53.3 Å². The molecule has 1 aliphatic rings. The number of aryl methyl sites for hydroxylation is 1. The number of aromatic nitrogens is 3. The van der Waals surface area contributed by atoms with Gasteiger partial charge in [-0.1, -0.05) is 57.5 Å². The molecule has 4 rings (SSSR count). The first kappa shape index (κ1) is 18.5. The van der Waals surface area contributed by atoms with Crippen molar-refractivity contribution < 1.29 is 4.74 Å². The maximum absolute atomic E-state index is 5.50. The van der Waals surface area contributed by atoms with Gasteiger partial charge in [-0.3, -0.25) is 4.57 Å². The van der Waals surface area contributed by atoms with Crippen LogP contribution in [0.15, 0.2) is 58.2 Å². The van der Waals surface area contributed by atoms with Crippen LogP contribution in [-0.4, -0.2) is 41.1 Å². The summed E-state index contributed by atoms with van der Waals surface area (Å²) in [5, 5.41) is 9.93. The van der Waals surface area contributed by atoms with Gasteiger partial charge in [0.15, 0.2) is 5.16 Å². The first-order valence-corrected chi connectivity index (χ1v) is 10.7. The monoisotopic (exact) mass is 444 g/mol. The van der Waals surface area contributed by atoms with E-state index < -0.39 is 0 Å². The normalized spacial score (nSPS) is 14.5. The maximum atomic E-state index is 5.50. The molecular formula is C20H21BrN4OS. The summed E-state index contributed by atoms with van der Waals surface area (Å²) in [6.07, 6.45) is 0. The third-order valence-electron chi connectivity index (χ3n) is 4.48. The lowest BCUT2D eigenvalue weighted by atomic mass is 10.2. The van der Waals surface area contributed by atoms with Gasteiger partial charge >= 0.3 is 0 Å². The second-order valence-electron chi connectivity index (χ2n) is 6.47. The maximum Gasteiger partial charge on any atom is 0.232 e. The Morgan fingerprint density at radius 3 is 2.41 bits per heavy atom. The molecule has 2 aromatic carbocycles. The molecule has 0 spiro atoms. The fraction of sp³-hybridized carbons (Fsp3) is 0.300. The molecule has 3 aromatic rings. The molecule has 140 valence electrons. The van der Waals surface area contributed by atoms with Crippen molar-refractivity contribution in [1.82, 2.24) is 14.8 Å². The van der Waals surface area contributed by atoms with E-state index in [1.54, 1.807) is 11.8 Å². The fourth-order valence-corrected chi connectivity index (χ4v) is 4.14. The van der Waals surface area contributed by atoms with Crippen LogP contribution in [-0.2, 0) is 10.5 Å². The predicted octanol–water partition coefficient (Wildman–Crippen LogP) is 4.47. The van der Waals surface area contributed by atoms with E-state index >= 15 is 0 Å². The summed E-state index contributed by atoms with van der Waals surface area (Å²) in [5.74, 6) is 1.74. The summed E-state index contributed by atoms with van der Waals surface area (Å²) in [5.41, 5.74) is 3.59. The first-order valence-electron chi connectivity index (χ1n) is 8.93. The van der Waals surface area contributed by atoms with Gasteiger partial charge in [-0.2, -0.15) is 0 Å². The minimum atomic E-state index is 0.724. The van der Waals surface area contributed by atoms with Crippen molar-refractivity contribution in [2.75, 3.05) is 31.2 Å². The van der Waals surface area contributed by atoms with Gasteiger partial charge in [0, 0.05) is 23.3 Å². The molecule has 27 heavy (non-hydrogen) atoms. The number of rotatable bonds is 5. The summed E-state index contributed by atoms with van der Waals surface area (Å²) in [4.78, 5) is 2.25. The van der Waals surface area contributed by atoms with E-state index in [9.17, 15) is 0 Å². The molecule has 0 amide bonds. The summed E-state index contributed by atoms with van der Waals surface area (Å²) in [6.45, 7) is 5.22. The van der Waals surface area contributed by atoms with E-state index in [0.29, 0.717) is 0 Å². The molecule has 1 fully saturated rings. The largest absolute Gasteiger partial charge is 0.378 e. The SMILES string of the molecule is Cc1ccc(-n2c(SCc3ccc(Br)cc3)nnc2N2CCOCC2)cc1. The van der Waals surface area contributed by atoms with Gasteiger partial charge in [-0.15, -0.1) is 10.2 Å². The zero-order chi connectivity index (χ0) is 18.6. The fourth-order valence-electron chi connectivity index (χ4n) is 2.97. The van der Waals surface area contributed by atoms with E-state index in [-0.39, 0.29) is 0 Å². The predicted molar refractivity (Wildman–Crippen MR) is 113 cm³/mol. The molecule has 1 aliphatic heterocycles. The standard InChI is InChI=1S/C20H21BrN4OS/c1-15-2-8-18(9-3-15)25-19(24-10-12-26-13-11-24)22-23-20(25)27-14-16-4-6-17(21)7-5-16/h2-9H,10-14H2,1H3. The number of ether oxygens (including phenoxy) is 1. The van der Waals surface area contributed by atoms with Crippen LogP contribution < -0.4 is 4.90 Å². The number of hydrogen-bond donors (Lipinski definition) is 0. The Morgan fingerprint density at radius 1 is 1.00 bits per heavy atom. The second-order valence-corrected chi connectivity index (χ2v) is 8.33. The lowest BCUT2D eigenvalue weighted by Crippen LogP contribution is -2.37. The zero-order valence-electron chi connectivity index (χ0n) is 15.1. The van der Waals surface area contributed by atoms with E-state index in [1.165, 1.54) is 11.1 Å². The number of thioether (sulfide) groups is 1. The van der Waals surface area contributed by atoms with Crippen LogP contribution in [0, 0.1) is 6.92 Å². The van der Waals surface area contributed by atoms with Crippen molar-refractivity contribution in [3.8, 4) is 5.69 Å². The van der Waals surface area contributed by atoms with Crippen LogP contribution >= 0.6 is 27.7 Å². The van der Waals surface area contributed by atoms with E-state index in [4.69, 9.17) is 4.74 Å². The van der Waals surface area contributed by atoms with Crippen LogP contribution in [0.3, 0.4) is 0 Å². The highest BCUT2D eigenvalue weighted by atomic mass is 79.9. The van der Waals surface area contributed by atoms with Gasteiger partial charge < -0.3 is 9.64 Å². The number of halogens is 1. The van der Waals surface area contributed by atoms with Crippen LogP contribution in [0.5, 0.6) is 0 Å². The quantitative estimate of drug-likeness (QED) is 0.543. The molecule has 7 heteroatoms. The third-order valence-corrected chi connectivity index (χ3v) is 6.01. The van der Waals surface area contributed by atoms with Gasteiger partial charge in [-0.25, -0.2) is 0 Å². The van der Waals surface area contributed by atoms with Crippen LogP contribution in [0.2, 0.25) is 0 Å². The Bertz CT molecular complexity index is 889. The topological polar surface area (TPSA) is 43.2 Å². The Balaban J connectivity index is 1.64. The lowest BCUT2D eigenvalue weighted by molar-refractivity contribution is 0.122. The van der Waals surface area contributed by atoms with Gasteiger partial charge in [0.05, 0.1) is 18.9 Å². The highest BCUT2D eigenvalue weighted by molar-refractivity contribution is 9.10. The van der Waals surface area contributed by atoms with E-state index in [1.807, 2.05) is 0 Å². The number of benzene rings is 2. The van der Waals surface area contributed by atoms with Crippen molar-refractivity contribution in [3.05, 3.63) is 64.1 Å². The Kier molecular flexibility index (Phi) is 5.80. The molecule has 1 aromatic heterocycles. The molecule has 0 N–H and O–H groups in total. The van der Waals surface area contributed by atoms with Crippen molar-refractivity contribution in [2.45, 2.75) is 17.8 Å². The smallest absolute Gasteiger partial charge is 0.232 e. The van der Waals surface area contributed by atoms with Gasteiger partial charge in [0.1, 0.15) is 0 Å². The highest BCUT2D eigenvalue weighted by Gasteiger charge is 2.21. The van der Waals surface area contributed by atoms with Crippen LogP contribution in [0.4, 0.5) is 5.95 Å². The van der Waals surface area contributed by atoms with E-state index in [2.05, 4.69) is 91.0 Å². The lowest BCUT2D eigenvalue weighted by Gasteiger charge is -2.28. The molecule has 0 unspecified atom stereocenters. The minimum absolute atomic E-state index is 0.724. The average Bonchev–Trinajstić information content (AvgIpc) is 3.13. The summed E-state index contributed by atoms with van der Waals surface area (Å²) in [6, 6.07) is 16.9. The van der Waals surface area contributed by atoms with Crippen LogP contribution in [0.1, 0.15) is 11.1 Å². The molecule has 0 aliphatic carbocycles. The average molecular weight is 445 g/mol. The molecular weight excluding hydrogens is 424 g/mol.